The maximum atomic E-state index is 5.14. The van der Waals surface area contributed by atoms with E-state index in [0.717, 1.165) is 28.4 Å². The molecular weight excluding hydrogens is 661 g/mol. The van der Waals surface area contributed by atoms with Crippen molar-refractivity contribution >= 4 is 96.5 Å². The van der Waals surface area contributed by atoms with Crippen LogP contribution < -0.4 is 5.32 Å². The number of fused-ring (bicyclic) bond motifs is 9. The predicted octanol–water partition coefficient (Wildman–Crippen LogP) is 12.0. The van der Waals surface area contributed by atoms with E-state index in [1.165, 1.54) is 67.8 Å². The summed E-state index contributed by atoms with van der Waals surface area (Å²) in [6.45, 7) is 0. The zero-order valence-corrected chi connectivity index (χ0v) is 28.9. The van der Waals surface area contributed by atoms with Gasteiger partial charge in [0.1, 0.15) is 12.0 Å². The minimum Gasteiger partial charge on any atom is -0.344 e. The van der Waals surface area contributed by atoms with Gasteiger partial charge in [0.25, 0.3) is 0 Å². The third-order valence-electron chi connectivity index (χ3n) is 10.1. The van der Waals surface area contributed by atoms with Crippen LogP contribution in [0, 0.1) is 0 Å². The van der Waals surface area contributed by atoms with Crippen molar-refractivity contribution in [1.82, 2.24) is 9.88 Å². The molecule has 4 heterocycles. The van der Waals surface area contributed by atoms with E-state index in [2.05, 4.69) is 143 Å². The summed E-state index contributed by atoms with van der Waals surface area (Å²) in [7, 11) is 0. The average Bonchev–Trinajstić information content (AvgIpc) is 3.86. The van der Waals surface area contributed by atoms with Crippen molar-refractivity contribution in [3.63, 3.8) is 0 Å². The normalized spacial score (nSPS) is 14.9. The summed E-state index contributed by atoms with van der Waals surface area (Å²) in [5, 5.41) is 11.4. The van der Waals surface area contributed by atoms with Crippen LogP contribution in [0.4, 0.5) is 0 Å². The SMILES string of the molecule is c1ccc(C2=NC(c3ccccc3)NC(c3cccc4c3sc3cc5c(cc34)sc3c(-n4c6ccccc6c6ccccc64)cccc35)=N2)cc1. The fourth-order valence-electron chi connectivity index (χ4n) is 7.73. The molecule has 51 heavy (non-hydrogen) atoms. The quantitative estimate of drug-likeness (QED) is 0.196. The van der Waals surface area contributed by atoms with E-state index in [4.69, 9.17) is 9.98 Å². The number of hydrogen-bond acceptors (Lipinski definition) is 5. The zero-order chi connectivity index (χ0) is 33.5. The second-order valence-electron chi connectivity index (χ2n) is 13.0. The number of thiophene rings is 2. The first-order valence-electron chi connectivity index (χ1n) is 17.1. The van der Waals surface area contributed by atoms with E-state index in [9.17, 15) is 0 Å². The topological polar surface area (TPSA) is 41.7 Å². The molecule has 1 N–H and O–H groups in total. The van der Waals surface area contributed by atoms with Crippen LogP contribution in [0.5, 0.6) is 0 Å². The van der Waals surface area contributed by atoms with Crippen LogP contribution in [-0.2, 0) is 0 Å². The zero-order valence-electron chi connectivity index (χ0n) is 27.2. The van der Waals surface area contributed by atoms with Gasteiger partial charge in [0.15, 0.2) is 5.84 Å². The van der Waals surface area contributed by atoms with Crippen LogP contribution in [-0.4, -0.2) is 16.2 Å². The third kappa shape index (κ3) is 4.43. The summed E-state index contributed by atoms with van der Waals surface area (Å²) in [4.78, 5) is 10.2. The average molecular weight is 689 g/mol. The maximum absolute atomic E-state index is 5.14. The summed E-state index contributed by atoms with van der Waals surface area (Å²) in [6, 6.07) is 56.4. The molecule has 0 amide bonds. The Balaban J connectivity index is 1.09. The Labute approximate surface area is 301 Å². The molecule has 11 rings (SSSR count). The van der Waals surface area contributed by atoms with Gasteiger partial charge in [-0.3, -0.25) is 0 Å². The molecule has 10 aromatic rings. The minimum atomic E-state index is -0.237. The van der Waals surface area contributed by atoms with Gasteiger partial charge in [-0.1, -0.05) is 121 Å². The molecule has 0 radical (unpaired) electrons. The Morgan fingerprint density at radius 3 is 1.78 bits per heavy atom. The number of aliphatic imine (C=N–C) groups is 2. The highest BCUT2D eigenvalue weighted by molar-refractivity contribution is 7.28. The Morgan fingerprint density at radius 1 is 0.510 bits per heavy atom. The third-order valence-corrected chi connectivity index (χ3v) is 12.5. The number of nitrogens with zero attached hydrogens (tertiary/aromatic N) is 3. The molecule has 0 spiro atoms. The van der Waals surface area contributed by atoms with Gasteiger partial charge in [-0.15, -0.1) is 22.7 Å². The van der Waals surface area contributed by atoms with Crippen molar-refractivity contribution in [3.8, 4) is 5.69 Å². The van der Waals surface area contributed by atoms with Gasteiger partial charge in [-0.25, -0.2) is 9.98 Å². The molecule has 4 nitrogen and oxygen atoms in total. The maximum Gasteiger partial charge on any atom is 0.159 e. The monoisotopic (exact) mass is 688 g/mol. The lowest BCUT2D eigenvalue weighted by atomic mass is 10.1. The van der Waals surface area contributed by atoms with Gasteiger partial charge >= 0.3 is 0 Å². The number of benzene rings is 7. The Hall–Kier alpha value is -6.08. The van der Waals surface area contributed by atoms with Gasteiger partial charge in [0, 0.05) is 57.5 Å². The highest BCUT2D eigenvalue weighted by atomic mass is 32.1. The minimum absolute atomic E-state index is 0.237. The summed E-state index contributed by atoms with van der Waals surface area (Å²) < 4.78 is 7.56. The molecule has 1 atom stereocenters. The first-order valence-corrected chi connectivity index (χ1v) is 18.7. The van der Waals surface area contributed by atoms with Crippen LogP contribution in [0.3, 0.4) is 0 Å². The number of para-hydroxylation sites is 2. The highest BCUT2D eigenvalue weighted by Gasteiger charge is 2.24. The van der Waals surface area contributed by atoms with Gasteiger partial charge in [0.05, 0.1) is 21.4 Å². The van der Waals surface area contributed by atoms with Gasteiger partial charge in [-0.05, 0) is 42.0 Å². The van der Waals surface area contributed by atoms with Crippen LogP contribution in [0.15, 0.2) is 168 Å². The van der Waals surface area contributed by atoms with Crippen molar-refractivity contribution in [1.29, 1.82) is 0 Å². The van der Waals surface area contributed by atoms with E-state index in [1.54, 1.807) is 0 Å². The van der Waals surface area contributed by atoms with E-state index in [-0.39, 0.29) is 6.17 Å². The first-order chi connectivity index (χ1) is 25.3. The number of hydrogen-bond donors (Lipinski definition) is 1. The van der Waals surface area contributed by atoms with Crippen molar-refractivity contribution in [3.05, 3.63) is 174 Å². The van der Waals surface area contributed by atoms with E-state index < -0.39 is 0 Å². The molecule has 7 aromatic carbocycles. The van der Waals surface area contributed by atoms with Gasteiger partial charge in [0.2, 0.25) is 0 Å². The number of aromatic nitrogens is 1. The fraction of sp³-hybridized carbons (Fsp3) is 0.0222. The molecule has 0 fully saturated rings. The molecule has 240 valence electrons. The van der Waals surface area contributed by atoms with Crippen LogP contribution in [0.25, 0.3) is 67.8 Å². The van der Waals surface area contributed by atoms with Crippen molar-refractivity contribution in [2.24, 2.45) is 9.98 Å². The molecule has 0 saturated heterocycles. The number of nitrogens with one attached hydrogen (secondary N) is 1. The fourth-order valence-corrected chi connectivity index (χ4v) is 10.2. The summed E-state index contributed by atoms with van der Waals surface area (Å²) >= 11 is 3.74. The number of amidine groups is 2. The largest absolute Gasteiger partial charge is 0.344 e. The summed E-state index contributed by atoms with van der Waals surface area (Å²) in [5.74, 6) is 1.58. The van der Waals surface area contributed by atoms with Crippen LogP contribution >= 0.6 is 22.7 Å². The smallest absolute Gasteiger partial charge is 0.159 e. The van der Waals surface area contributed by atoms with E-state index in [0.29, 0.717) is 0 Å². The van der Waals surface area contributed by atoms with Gasteiger partial charge in [-0.2, -0.15) is 0 Å². The molecule has 3 aromatic heterocycles. The Morgan fingerprint density at radius 2 is 1.08 bits per heavy atom. The second kappa shape index (κ2) is 11.2. The molecule has 0 bridgehead atoms. The predicted molar refractivity (Wildman–Crippen MR) is 218 cm³/mol. The van der Waals surface area contributed by atoms with Crippen molar-refractivity contribution < 1.29 is 0 Å². The molecule has 0 aliphatic carbocycles. The summed E-state index contributed by atoms with van der Waals surface area (Å²) in [6.07, 6.45) is -0.237. The molecule has 6 heteroatoms. The molecule has 0 saturated carbocycles. The molecular formula is C45H28N4S2. The van der Waals surface area contributed by atoms with Crippen LogP contribution in [0.1, 0.15) is 22.9 Å². The molecule has 1 aliphatic heterocycles. The molecule has 1 aliphatic rings. The lowest BCUT2D eigenvalue weighted by Crippen LogP contribution is -2.33. The lowest BCUT2D eigenvalue weighted by Gasteiger charge is -2.24. The van der Waals surface area contributed by atoms with Crippen molar-refractivity contribution in [2.45, 2.75) is 6.17 Å². The Kier molecular flexibility index (Phi) is 6.32. The Bertz CT molecular complexity index is 3000. The second-order valence-corrected chi connectivity index (χ2v) is 15.1. The number of rotatable bonds is 4. The van der Waals surface area contributed by atoms with Crippen molar-refractivity contribution in [2.75, 3.05) is 0 Å². The van der Waals surface area contributed by atoms with Gasteiger partial charge < -0.3 is 9.88 Å². The highest BCUT2D eigenvalue weighted by Crippen LogP contribution is 2.45. The standard InChI is InChI=1S/C45H28N4S2/c1-3-13-27(14-4-1)43-46-44(28-15-5-2-6-16-28)48-45(47-43)33-21-11-19-31-34-25-40-35(26-39(34)50-41(31)33)32-20-12-24-38(42(32)51-40)49-36-22-9-7-17-29(36)30-18-8-10-23-37(30)49/h1-26,43H,(H,46,47,48). The van der Waals surface area contributed by atoms with E-state index in [1.807, 2.05) is 46.9 Å². The van der Waals surface area contributed by atoms with Crippen LogP contribution in [0.2, 0.25) is 0 Å². The first kappa shape index (κ1) is 28.7. The molecule has 1 unspecified atom stereocenters. The summed E-state index contributed by atoms with van der Waals surface area (Å²) in [5.41, 5.74) is 6.91. The van der Waals surface area contributed by atoms with E-state index >= 15 is 0 Å². The lowest BCUT2D eigenvalue weighted by molar-refractivity contribution is 0.674.